The van der Waals surface area contributed by atoms with Crippen molar-refractivity contribution in [2.24, 2.45) is 11.7 Å². The average molecular weight is 536 g/mol. The molecule has 0 saturated heterocycles. The summed E-state index contributed by atoms with van der Waals surface area (Å²) >= 11 is 0. The monoisotopic (exact) mass is 535 g/mol. The summed E-state index contributed by atoms with van der Waals surface area (Å²) in [6.07, 6.45) is 5.48. The number of benzene rings is 1. The lowest BCUT2D eigenvalue weighted by molar-refractivity contribution is -0.159. The van der Waals surface area contributed by atoms with Crippen LogP contribution in [-0.2, 0) is 35.1 Å². The Hall–Kier alpha value is -2.94. The number of unbranched alkanes of at least 4 members (excludes halogenated alkanes) is 4. The van der Waals surface area contributed by atoms with E-state index in [1.807, 2.05) is 27.7 Å². The lowest BCUT2D eigenvalue weighted by atomic mass is 10.1. The van der Waals surface area contributed by atoms with Crippen molar-refractivity contribution >= 4 is 23.9 Å². The van der Waals surface area contributed by atoms with Gasteiger partial charge in [0.25, 0.3) is 0 Å². The molecule has 0 amide bonds. The average Bonchev–Trinajstić information content (AvgIpc) is 2.83. The zero-order chi connectivity index (χ0) is 28.5. The number of esters is 4. The van der Waals surface area contributed by atoms with Crippen LogP contribution < -0.4 is 15.2 Å². The molecule has 1 rings (SSSR count). The molecule has 0 aliphatic rings. The summed E-state index contributed by atoms with van der Waals surface area (Å²) in [5, 5.41) is 0. The Morgan fingerprint density at radius 2 is 1.39 bits per heavy atom. The highest BCUT2D eigenvalue weighted by molar-refractivity contribution is 5.77. The van der Waals surface area contributed by atoms with Gasteiger partial charge in [-0.3, -0.25) is 19.2 Å². The van der Waals surface area contributed by atoms with Gasteiger partial charge >= 0.3 is 23.9 Å². The Kier molecular flexibility index (Phi) is 16.0. The number of carbonyl (C=O) groups is 4. The van der Waals surface area contributed by atoms with Gasteiger partial charge in [0.15, 0.2) is 11.5 Å². The number of hydrogen-bond donors (Lipinski definition) is 1. The van der Waals surface area contributed by atoms with E-state index in [0.29, 0.717) is 18.4 Å². The second kappa shape index (κ2) is 18.3. The number of ether oxygens (including phenoxy) is 4. The largest absolute Gasteiger partial charge is 0.461 e. The quantitative estimate of drug-likeness (QED) is 0.156. The Bertz CT molecular complexity index is 899. The lowest BCUT2D eigenvalue weighted by Gasteiger charge is -2.17. The molecule has 9 nitrogen and oxygen atoms in total. The van der Waals surface area contributed by atoms with Gasteiger partial charge in [-0.25, -0.2) is 0 Å². The zero-order valence-electron chi connectivity index (χ0n) is 23.6. The van der Waals surface area contributed by atoms with E-state index >= 15 is 0 Å². The number of carbonyl (C=O) groups excluding carboxylic acids is 4. The third-order valence-electron chi connectivity index (χ3n) is 5.55. The SMILES string of the molecule is CCCCCC(=O)Oc1ccc(C[C@H](N)C(=O)OC[C@H](C)OC(=O)CC(C)C)cc1OC(=O)CCCCC. The van der Waals surface area contributed by atoms with Crippen molar-refractivity contribution in [2.75, 3.05) is 6.61 Å². The van der Waals surface area contributed by atoms with Gasteiger partial charge < -0.3 is 24.7 Å². The first-order valence-corrected chi connectivity index (χ1v) is 13.7. The van der Waals surface area contributed by atoms with Crippen molar-refractivity contribution in [3.63, 3.8) is 0 Å². The first-order valence-electron chi connectivity index (χ1n) is 13.7. The fourth-order valence-corrected chi connectivity index (χ4v) is 3.51. The van der Waals surface area contributed by atoms with Crippen molar-refractivity contribution in [3.05, 3.63) is 23.8 Å². The van der Waals surface area contributed by atoms with Crippen molar-refractivity contribution in [1.29, 1.82) is 0 Å². The van der Waals surface area contributed by atoms with E-state index in [1.165, 1.54) is 6.07 Å². The standard InChI is InChI=1S/C29H45NO8/c1-6-8-10-12-26(31)37-24-15-14-22(18-25(24)38-27(32)13-11-9-7-2)17-23(30)29(34)35-19-21(5)36-28(33)16-20(3)4/h14-15,18,20-21,23H,6-13,16-17,19,30H2,1-5H3/t21-,23-/m0/s1. The molecule has 0 spiro atoms. The number of rotatable bonds is 18. The Balaban J connectivity index is 2.82. The van der Waals surface area contributed by atoms with Crippen LogP contribution in [0.2, 0.25) is 0 Å². The normalized spacial score (nSPS) is 12.5. The smallest absolute Gasteiger partial charge is 0.323 e. The Morgan fingerprint density at radius 1 is 0.816 bits per heavy atom. The Labute approximate surface area is 226 Å². The van der Waals surface area contributed by atoms with E-state index in [2.05, 4.69) is 0 Å². The molecule has 214 valence electrons. The van der Waals surface area contributed by atoms with Crippen LogP contribution in [0, 0.1) is 5.92 Å². The van der Waals surface area contributed by atoms with Crippen LogP contribution in [0.4, 0.5) is 0 Å². The van der Waals surface area contributed by atoms with Crippen LogP contribution in [0.15, 0.2) is 18.2 Å². The van der Waals surface area contributed by atoms with E-state index in [0.717, 1.165) is 25.7 Å². The summed E-state index contributed by atoms with van der Waals surface area (Å²) in [7, 11) is 0. The second-order valence-corrected chi connectivity index (χ2v) is 9.98. The van der Waals surface area contributed by atoms with Crippen molar-refractivity contribution in [1.82, 2.24) is 0 Å². The highest BCUT2D eigenvalue weighted by Gasteiger charge is 2.21. The molecule has 1 aromatic rings. The minimum Gasteiger partial charge on any atom is -0.461 e. The maximum atomic E-state index is 12.4. The lowest BCUT2D eigenvalue weighted by Crippen LogP contribution is -2.36. The predicted octanol–water partition coefficient (Wildman–Crippen LogP) is 5.05. The highest BCUT2D eigenvalue weighted by atomic mass is 16.6. The summed E-state index contributed by atoms with van der Waals surface area (Å²) in [5.74, 6) is -1.41. The van der Waals surface area contributed by atoms with E-state index < -0.39 is 30.1 Å². The first-order chi connectivity index (χ1) is 18.0. The molecule has 0 aliphatic heterocycles. The summed E-state index contributed by atoms with van der Waals surface area (Å²) < 4.78 is 21.4. The fourth-order valence-electron chi connectivity index (χ4n) is 3.51. The van der Waals surface area contributed by atoms with Crippen LogP contribution >= 0.6 is 0 Å². The van der Waals surface area contributed by atoms with Gasteiger partial charge in [0.2, 0.25) is 0 Å². The van der Waals surface area contributed by atoms with Gasteiger partial charge in [0, 0.05) is 19.3 Å². The summed E-state index contributed by atoms with van der Waals surface area (Å²) in [4.78, 5) is 48.8. The molecule has 0 aromatic heterocycles. The van der Waals surface area contributed by atoms with E-state index in [-0.39, 0.29) is 55.7 Å². The molecule has 0 aliphatic carbocycles. The van der Waals surface area contributed by atoms with Crippen LogP contribution in [0.5, 0.6) is 11.5 Å². The predicted molar refractivity (Wildman–Crippen MR) is 144 cm³/mol. The minimum absolute atomic E-state index is 0.103. The van der Waals surface area contributed by atoms with Crippen molar-refractivity contribution in [2.45, 2.75) is 111 Å². The van der Waals surface area contributed by atoms with Gasteiger partial charge in [-0.2, -0.15) is 0 Å². The molecule has 0 fully saturated rings. The molecule has 0 bridgehead atoms. The molecule has 0 heterocycles. The Morgan fingerprint density at radius 3 is 1.95 bits per heavy atom. The zero-order valence-corrected chi connectivity index (χ0v) is 23.6. The van der Waals surface area contributed by atoms with Crippen LogP contribution in [0.25, 0.3) is 0 Å². The molecule has 1 aromatic carbocycles. The maximum Gasteiger partial charge on any atom is 0.323 e. The molecule has 2 atom stereocenters. The molecule has 38 heavy (non-hydrogen) atoms. The summed E-state index contributed by atoms with van der Waals surface area (Å²) in [6.45, 7) is 9.44. The van der Waals surface area contributed by atoms with Crippen LogP contribution in [0.1, 0.15) is 98.0 Å². The molecule has 0 unspecified atom stereocenters. The minimum atomic E-state index is -0.996. The van der Waals surface area contributed by atoms with Gasteiger partial charge in [-0.1, -0.05) is 59.4 Å². The summed E-state index contributed by atoms with van der Waals surface area (Å²) in [6, 6.07) is 3.75. The van der Waals surface area contributed by atoms with Crippen LogP contribution in [0.3, 0.4) is 0 Å². The first kappa shape index (κ1) is 33.1. The van der Waals surface area contributed by atoms with E-state index in [9.17, 15) is 19.2 Å². The fraction of sp³-hybridized carbons (Fsp3) is 0.655. The molecule has 0 radical (unpaired) electrons. The molecular weight excluding hydrogens is 490 g/mol. The molecule has 2 N–H and O–H groups in total. The van der Waals surface area contributed by atoms with Gasteiger partial charge in [0.1, 0.15) is 18.8 Å². The summed E-state index contributed by atoms with van der Waals surface area (Å²) in [5.41, 5.74) is 6.65. The van der Waals surface area contributed by atoms with E-state index in [4.69, 9.17) is 24.7 Å². The van der Waals surface area contributed by atoms with Crippen molar-refractivity contribution in [3.8, 4) is 11.5 Å². The van der Waals surface area contributed by atoms with Gasteiger partial charge in [0.05, 0.1) is 0 Å². The van der Waals surface area contributed by atoms with Gasteiger partial charge in [-0.15, -0.1) is 0 Å². The number of hydrogen-bond acceptors (Lipinski definition) is 9. The topological polar surface area (TPSA) is 131 Å². The molecule has 0 saturated carbocycles. The highest BCUT2D eigenvalue weighted by Crippen LogP contribution is 2.30. The third kappa shape index (κ3) is 14.1. The van der Waals surface area contributed by atoms with Crippen LogP contribution in [-0.4, -0.2) is 42.6 Å². The van der Waals surface area contributed by atoms with Gasteiger partial charge in [-0.05, 0) is 49.8 Å². The second-order valence-electron chi connectivity index (χ2n) is 9.98. The van der Waals surface area contributed by atoms with E-state index in [1.54, 1.807) is 19.1 Å². The molecule has 9 heteroatoms. The number of nitrogens with two attached hydrogens (primary N) is 1. The maximum absolute atomic E-state index is 12.4. The third-order valence-corrected chi connectivity index (χ3v) is 5.55. The molecular formula is C29H45NO8. The van der Waals surface area contributed by atoms with Crippen molar-refractivity contribution < 1.29 is 38.1 Å².